The van der Waals surface area contributed by atoms with E-state index in [0.29, 0.717) is 11.8 Å². The van der Waals surface area contributed by atoms with Crippen LogP contribution in [0.15, 0.2) is 41.0 Å². The van der Waals surface area contributed by atoms with Crippen molar-refractivity contribution in [1.29, 1.82) is 0 Å². The van der Waals surface area contributed by atoms with Gasteiger partial charge in [-0.3, -0.25) is 15.5 Å². The van der Waals surface area contributed by atoms with Crippen LogP contribution in [-0.2, 0) is 0 Å². The normalized spacial score (nSPS) is 41.9. The number of hydrogen-bond acceptors (Lipinski definition) is 5. The number of hydrogen-bond donors (Lipinski definition) is 2. The van der Waals surface area contributed by atoms with Gasteiger partial charge in [0.15, 0.2) is 0 Å². The maximum atomic E-state index is 11.1. The maximum Gasteiger partial charge on any atom is 0.269 e. The van der Waals surface area contributed by atoms with E-state index in [0.717, 1.165) is 49.4 Å². The predicted octanol–water partition coefficient (Wildman–Crippen LogP) is 6.08. The molecule has 0 spiro atoms. The Balaban J connectivity index is 1.33. The van der Waals surface area contributed by atoms with Gasteiger partial charge < -0.3 is 5.11 Å². The topological polar surface area (TPSA) is 87.8 Å². The summed E-state index contributed by atoms with van der Waals surface area (Å²) in [6.07, 6.45) is 11.2. The van der Waals surface area contributed by atoms with E-state index in [1.807, 2.05) is 0 Å². The monoisotopic (exact) mass is 437 g/mol. The van der Waals surface area contributed by atoms with E-state index in [9.17, 15) is 15.2 Å². The molecule has 5 rings (SSSR count). The lowest BCUT2D eigenvalue weighted by molar-refractivity contribution is -0.384. The molecule has 6 nitrogen and oxygen atoms in total. The lowest BCUT2D eigenvalue weighted by Gasteiger charge is -2.59. The molecule has 1 aromatic rings. The molecule has 0 heterocycles. The van der Waals surface area contributed by atoms with Crippen LogP contribution in [0, 0.1) is 38.7 Å². The number of nitro benzene ring substituents is 1. The third-order valence-corrected chi connectivity index (χ3v) is 9.95. The molecule has 6 atom stereocenters. The first kappa shape index (κ1) is 21.6. The SMILES string of the molecule is CC12CCC(=NNc3ccc([N+](=O)[O-])cc3)C=C1CCC1C2CCC2(C)C1CCC2(C)O. The zero-order valence-corrected chi connectivity index (χ0v) is 19.4. The number of benzene rings is 1. The number of aliphatic hydroxyl groups is 1. The minimum atomic E-state index is -0.518. The summed E-state index contributed by atoms with van der Waals surface area (Å²) in [4.78, 5) is 10.4. The first-order valence-corrected chi connectivity index (χ1v) is 12.1. The van der Waals surface area contributed by atoms with Gasteiger partial charge in [0.2, 0.25) is 0 Å². The smallest absolute Gasteiger partial charge is 0.269 e. The van der Waals surface area contributed by atoms with Crippen LogP contribution >= 0.6 is 0 Å². The number of nitro groups is 1. The second-order valence-electron chi connectivity index (χ2n) is 11.3. The highest BCUT2D eigenvalue weighted by atomic mass is 16.6. The fraction of sp³-hybridized carbons (Fsp3) is 0.654. The van der Waals surface area contributed by atoms with Crippen LogP contribution in [0.5, 0.6) is 0 Å². The van der Waals surface area contributed by atoms with Crippen molar-refractivity contribution >= 4 is 17.1 Å². The second kappa shape index (κ2) is 7.41. The highest BCUT2D eigenvalue weighted by Gasteiger charge is 2.62. The minimum absolute atomic E-state index is 0.0711. The largest absolute Gasteiger partial charge is 0.390 e. The summed E-state index contributed by atoms with van der Waals surface area (Å²) in [5.74, 6) is 2.08. The van der Waals surface area contributed by atoms with Gasteiger partial charge in [-0.1, -0.05) is 19.4 Å². The van der Waals surface area contributed by atoms with Gasteiger partial charge in [0, 0.05) is 12.1 Å². The van der Waals surface area contributed by atoms with Gasteiger partial charge >= 0.3 is 0 Å². The van der Waals surface area contributed by atoms with Crippen molar-refractivity contribution in [1.82, 2.24) is 0 Å². The van der Waals surface area contributed by atoms with Crippen LogP contribution < -0.4 is 5.43 Å². The molecule has 32 heavy (non-hydrogen) atoms. The van der Waals surface area contributed by atoms with Gasteiger partial charge in [0.25, 0.3) is 5.69 Å². The minimum Gasteiger partial charge on any atom is -0.390 e. The molecule has 0 saturated heterocycles. The second-order valence-corrected chi connectivity index (χ2v) is 11.3. The summed E-state index contributed by atoms with van der Waals surface area (Å²) in [5.41, 5.74) is 6.34. The quantitative estimate of drug-likeness (QED) is 0.443. The Bertz CT molecular complexity index is 983. The van der Waals surface area contributed by atoms with Gasteiger partial charge in [-0.05, 0) is 105 Å². The molecule has 4 aliphatic carbocycles. The third-order valence-electron chi connectivity index (χ3n) is 9.95. The van der Waals surface area contributed by atoms with E-state index in [1.165, 1.54) is 31.4 Å². The van der Waals surface area contributed by atoms with Crippen molar-refractivity contribution in [2.24, 2.45) is 33.7 Å². The number of anilines is 1. The Hall–Kier alpha value is -2.21. The fourth-order valence-electron chi connectivity index (χ4n) is 7.70. The van der Waals surface area contributed by atoms with Crippen molar-refractivity contribution in [2.45, 2.75) is 77.7 Å². The van der Waals surface area contributed by atoms with Crippen LogP contribution in [0.4, 0.5) is 11.4 Å². The Morgan fingerprint density at radius 3 is 2.47 bits per heavy atom. The average Bonchev–Trinajstić information content (AvgIpc) is 3.01. The Morgan fingerprint density at radius 2 is 1.75 bits per heavy atom. The van der Waals surface area contributed by atoms with E-state index in [-0.39, 0.29) is 16.5 Å². The van der Waals surface area contributed by atoms with Crippen molar-refractivity contribution in [3.63, 3.8) is 0 Å². The summed E-state index contributed by atoms with van der Waals surface area (Å²) in [6, 6.07) is 6.39. The summed E-state index contributed by atoms with van der Waals surface area (Å²) in [6.45, 7) is 6.90. The van der Waals surface area contributed by atoms with Gasteiger partial charge in [0.1, 0.15) is 0 Å². The zero-order chi connectivity index (χ0) is 22.7. The van der Waals surface area contributed by atoms with Crippen LogP contribution in [0.1, 0.15) is 72.1 Å². The first-order chi connectivity index (χ1) is 15.1. The number of hydrazone groups is 1. The fourth-order valence-corrected chi connectivity index (χ4v) is 7.70. The molecule has 0 aliphatic heterocycles. The average molecular weight is 438 g/mol. The van der Waals surface area contributed by atoms with Crippen LogP contribution in [0.2, 0.25) is 0 Å². The summed E-state index contributed by atoms with van der Waals surface area (Å²) < 4.78 is 0. The molecule has 3 fully saturated rings. The van der Waals surface area contributed by atoms with Gasteiger partial charge in [-0.2, -0.15) is 5.10 Å². The molecule has 0 aromatic heterocycles. The van der Waals surface area contributed by atoms with Crippen LogP contribution in [-0.4, -0.2) is 21.3 Å². The van der Waals surface area contributed by atoms with Gasteiger partial charge in [0.05, 0.1) is 21.9 Å². The van der Waals surface area contributed by atoms with E-state index in [2.05, 4.69) is 37.4 Å². The molecular weight excluding hydrogens is 402 g/mol. The van der Waals surface area contributed by atoms with Gasteiger partial charge in [-0.25, -0.2) is 0 Å². The predicted molar refractivity (Wildman–Crippen MR) is 126 cm³/mol. The highest BCUT2D eigenvalue weighted by molar-refractivity contribution is 5.97. The van der Waals surface area contributed by atoms with Crippen LogP contribution in [0.25, 0.3) is 0 Å². The molecule has 1 aromatic carbocycles. The van der Waals surface area contributed by atoms with E-state index < -0.39 is 10.5 Å². The maximum absolute atomic E-state index is 11.1. The van der Waals surface area contributed by atoms with E-state index in [4.69, 9.17) is 0 Å². The summed E-state index contributed by atoms with van der Waals surface area (Å²) in [7, 11) is 0. The molecule has 3 saturated carbocycles. The molecule has 2 N–H and O–H groups in total. The van der Waals surface area contributed by atoms with Crippen molar-refractivity contribution in [3.05, 3.63) is 46.0 Å². The van der Waals surface area contributed by atoms with Gasteiger partial charge in [-0.15, -0.1) is 0 Å². The highest BCUT2D eigenvalue weighted by Crippen LogP contribution is 2.67. The van der Waals surface area contributed by atoms with Crippen molar-refractivity contribution < 1.29 is 10.0 Å². The Kier molecular flexibility index (Phi) is 5.01. The summed E-state index contributed by atoms with van der Waals surface area (Å²) >= 11 is 0. The number of nitrogens with zero attached hydrogens (tertiary/aromatic N) is 2. The number of nitrogens with one attached hydrogen (secondary N) is 1. The molecule has 6 heteroatoms. The van der Waals surface area contributed by atoms with E-state index in [1.54, 1.807) is 17.7 Å². The standard InChI is InChI=1S/C26H35N3O3/c1-24-13-10-19(28-27-18-5-7-20(8-6-18)29(31)32)16-17(24)4-9-21-22(24)11-14-25(2)23(21)12-15-26(25,3)30/h5-8,16,21-23,27,30H,4,9-15H2,1-3H3. The number of fused-ring (bicyclic) bond motifs is 5. The first-order valence-electron chi connectivity index (χ1n) is 12.1. The van der Waals surface area contributed by atoms with Crippen LogP contribution in [0.3, 0.4) is 0 Å². The number of non-ortho nitro benzene ring substituents is 1. The zero-order valence-electron chi connectivity index (χ0n) is 19.4. The van der Waals surface area contributed by atoms with E-state index >= 15 is 0 Å². The molecular formula is C26H35N3O3. The molecule has 0 amide bonds. The van der Waals surface area contributed by atoms with Crippen molar-refractivity contribution in [2.75, 3.05) is 5.43 Å². The molecule has 0 bridgehead atoms. The van der Waals surface area contributed by atoms with Crippen molar-refractivity contribution in [3.8, 4) is 0 Å². The molecule has 0 radical (unpaired) electrons. The Labute approximate surface area is 190 Å². The number of allylic oxidation sites excluding steroid dienone is 2. The molecule has 172 valence electrons. The third kappa shape index (κ3) is 3.21. The lowest BCUT2D eigenvalue weighted by atomic mass is 9.46. The molecule has 6 unspecified atom stereocenters. The lowest BCUT2D eigenvalue weighted by Crippen LogP contribution is -2.53. The molecule has 4 aliphatic rings. The summed E-state index contributed by atoms with van der Waals surface area (Å²) in [5, 5.41) is 26.6. The number of rotatable bonds is 3. The Morgan fingerprint density at radius 1 is 1.03 bits per heavy atom.